The van der Waals surface area contributed by atoms with E-state index < -0.39 is 0 Å². The van der Waals surface area contributed by atoms with Crippen LogP contribution in [0, 0.1) is 0 Å². The maximum absolute atomic E-state index is 8.87. The Balaban J connectivity index is 1.88. The summed E-state index contributed by atoms with van der Waals surface area (Å²) in [5.74, 6) is 0. The molecule has 1 aromatic rings. The largest absolute Gasteiger partial charge is 0.396 e. The predicted octanol–water partition coefficient (Wildman–Crippen LogP) is 1.16. The van der Waals surface area contributed by atoms with E-state index in [-0.39, 0.29) is 0 Å². The third-order valence-corrected chi connectivity index (χ3v) is 3.34. The Morgan fingerprint density at radius 1 is 1.56 bits per heavy atom. The van der Waals surface area contributed by atoms with Gasteiger partial charge >= 0.3 is 0 Å². The number of hydrogen-bond donors (Lipinski definition) is 1. The van der Waals surface area contributed by atoms with E-state index in [2.05, 4.69) is 16.2 Å². The molecule has 2 heterocycles. The molecule has 1 aliphatic rings. The number of aryl methyl sites for hydroxylation is 1. The predicted molar refractivity (Wildman–Crippen MR) is 63.0 cm³/mol. The van der Waals surface area contributed by atoms with E-state index in [4.69, 9.17) is 5.11 Å². The van der Waals surface area contributed by atoms with Gasteiger partial charge in [0.15, 0.2) is 0 Å². The Bertz CT molecular complexity index is 324. The third-order valence-electron chi connectivity index (χ3n) is 3.34. The summed E-state index contributed by atoms with van der Waals surface area (Å²) >= 11 is 0. The number of hydrogen-bond acceptors (Lipinski definition) is 3. The van der Waals surface area contributed by atoms with Gasteiger partial charge in [-0.3, -0.25) is 9.58 Å². The highest BCUT2D eigenvalue weighted by Crippen LogP contribution is 2.23. The number of aliphatic hydroxyl groups excluding tert-OH is 1. The Labute approximate surface area is 96.9 Å². The highest BCUT2D eigenvalue weighted by atomic mass is 16.2. The highest BCUT2D eigenvalue weighted by Gasteiger charge is 2.23. The molecule has 1 aromatic heterocycles. The molecule has 0 aromatic carbocycles. The van der Waals surface area contributed by atoms with E-state index in [0.717, 1.165) is 19.4 Å². The fourth-order valence-electron chi connectivity index (χ4n) is 2.55. The van der Waals surface area contributed by atoms with Crippen LogP contribution >= 0.6 is 0 Å². The number of nitrogens with zero attached hydrogens (tertiary/aromatic N) is 3. The van der Waals surface area contributed by atoms with Gasteiger partial charge in [-0.1, -0.05) is 0 Å². The van der Waals surface area contributed by atoms with Crippen molar-refractivity contribution in [3.05, 3.63) is 18.0 Å². The van der Waals surface area contributed by atoms with Crippen molar-refractivity contribution in [1.29, 1.82) is 0 Å². The first kappa shape index (κ1) is 11.6. The first-order chi connectivity index (χ1) is 7.79. The number of aromatic nitrogens is 2. The normalized spacial score (nSPS) is 21.8. The minimum atomic E-state index is 0.317. The van der Waals surface area contributed by atoms with E-state index in [1.165, 1.54) is 24.9 Å². The zero-order valence-electron chi connectivity index (χ0n) is 9.97. The van der Waals surface area contributed by atoms with Crippen LogP contribution in [-0.4, -0.2) is 39.0 Å². The van der Waals surface area contributed by atoms with Gasteiger partial charge in [0.05, 0.1) is 6.20 Å². The van der Waals surface area contributed by atoms with Crippen LogP contribution in [0.2, 0.25) is 0 Å². The van der Waals surface area contributed by atoms with Gasteiger partial charge in [0.1, 0.15) is 0 Å². The molecule has 0 aliphatic carbocycles. The van der Waals surface area contributed by atoms with Crippen LogP contribution in [0.4, 0.5) is 0 Å². The molecule has 4 nitrogen and oxygen atoms in total. The quantitative estimate of drug-likeness (QED) is 0.814. The lowest BCUT2D eigenvalue weighted by molar-refractivity contribution is 0.210. The second kappa shape index (κ2) is 5.46. The zero-order chi connectivity index (χ0) is 11.4. The van der Waals surface area contributed by atoms with E-state index in [1.54, 1.807) is 0 Å². The van der Waals surface area contributed by atoms with Crippen molar-refractivity contribution in [3.8, 4) is 0 Å². The van der Waals surface area contributed by atoms with Crippen molar-refractivity contribution in [2.24, 2.45) is 7.05 Å². The van der Waals surface area contributed by atoms with Crippen LogP contribution in [-0.2, 0) is 13.6 Å². The fourth-order valence-corrected chi connectivity index (χ4v) is 2.55. The lowest BCUT2D eigenvalue weighted by Crippen LogP contribution is -2.28. The van der Waals surface area contributed by atoms with Crippen LogP contribution in [0.25, 0.3) is 0 Å². The molecule has 4 heteroatoms. The average Bonchev–Trinajstić information content (AvgIpc) is 2.86. The topological polar surface area (TPSA) is 41.3 Å². The molecular weight excluding hydrogens is 202 g/mol. The monoisotopic (exact) mass is 223 g/mol. The van der Waals surface area contributed by atoms with E-state index in [0.29, 0.717) is 12.6 Å². The van der Waals surface area contributed by atoms with Crippen molar-refractivity contribution in [2.75, 3.05) is 13.2 Å². The maximum Gasteiger partial charge on any atom is 0.0534 e. The second-order valence-electron chi connectivity index (χ2n) is 4.65. The molecule has 2 rings (SSSR count). The van der Waals surface area contributed by atoms with Gasteiger partial charge in [0, 0.05) is 38.0 Å². The molecular formula is C12H21N3O. The maximum atomic E-state index is 8.87. The second-order valence-corrected chi connectivity index (χ2v) is 4.65. The van der Waals surface area contributed by atoms with Gasteiger partial charge in [-0.15, -0.1) is 0 Å². The van der Waals surface area contributed by atoms with Gasteiger partial charge in [0.25, 0.3) is 0 Å². The van der Waals surface area contributed by atoms with Gasteiger partial charge in [-0.2, -0.15) is 5.10 Å². The van der Waals surface area contributed by atoms with Crippen molar-refractivity contribution in [3.63, 3.8) is 0 Å². The minimum Gasteiger partial charge on any atom is -0.396 e. The highest BCUT2D eigenvalue weighted by molar-refractivity contribution is 5.04. The molecule has 1 unspecified atom stereocenters. The van der Waals surface area contributed by atoms with Crippen molar-refractivity contribution >= 4 is 0 Å². The van der Waals surface area contributed by atoms with Gasteiger partial charge in [0.2, 0.25) is 0 Å². The fraction of sp³-hybridized carbons (Fsp3) is 0.750. The molecule has 0 radical (unpaired) electrons. The van der Waals surface area contributed by atoms with Crippen molar-refractivity contribution < 1.29 is 5.11 Å². The molecule has 1 atom stereocenters. The van der Waals surface area contributed by atoms with Gasteiger partial charge in [-0.25, -0.2) is 0 Å². The third kappa shape index (κ3) is 2.83. The number of aliphatic hydroxyl groups is 1. The summed E-state index contributed by atoms with van der Waals surface area (Å²) in [4.78, 5) is 2.52. The summed E-state index contributed by atoms with van der Waals surface area (Å²) in [6.45, 7) is 2.51. The Hall–Kier alpha value is -0.870. The van der Waals surface area contributed by atoms with Crippen molar-refractivity contribution in [1.82, 2.24) is 14.7 Å². The Morgan fingerprint density at radius 3 is 3.12 bits per heavy atom. The van der Waals surface area contributed by atoms with Crippen LogP contribution in [0.15, 0.2) is 12.4 Å². The standard InChI is InChI=1S/C12H21N3O/c1-14-9-11(8-13-14)10-15-6-2-4-12(15)5-3-7-16/h8-9,12,16H,2-7,10H2,1H3. The molecule has 1 fully saturated rings. The first-order valence-electron chi connectivity index (χ1n) is 6.12. The Kier molecular flexibility index (Phi) is 3.96. The Morgan fingerprint density at radius 2 is 2.44 bits per heavy atom. The summed E-state index contributed by atoms with van der Waals surface area (Å²) in [6.07, 6.45) is 8.64. The van der Waals surface area contributed by atoms with Crippen LogP contribution < -0.4 is 0 Å². The minimum absolute atomic E-state index is 0.317. The molecule has 0 bridgehead atoms. The molecule has 1 saturated heterocycles. The van der Waals surface area contributed by atoms with Gasteiger partial charge in [-0.05, 0) is 32.2 Å². The van der Waals surface area contributed by atoms with E-state index >= 15 is 0 Å². The molecule has 1 N–H and O–H groups in total. The number of likely N-dealkylation sites (tertiary alicyclic amines) is 1. The smallest absolute Gasteiger partial charge is 0.0534 e. The van der Waals surface area contributed by atoms with E-state index in [1.807, 2.05) is 17.9 Å². The molecule has 90 valence electrons. The van der Waals surface area contributed by atoms with E-state index in [9.17, 15) is 0 Å². The lowest BCUT2D eigenvalue weighted by atomic mass is 10.1. The molecule has 0 saturated carbocycles. The average molecular weight is 223 g/mol. The lowest BCUT2D eigenvalue weighted by Gasteiger charge is -2.23. The molecule has 0 amide bonds. The van der Waals surface area contributed by atoms with Crippen molar-refractivity contribution in [2.45, 2.75) is 38.3 Å². The zero-order valence-corrected chi connectivity index (χ0v) is 9.97. The summed E-state index contributed by atoms with van der Waals surface area (Å²) in [5.41, 5.74) is 1.29. The summed E-state index contributed by atoms with van der Waals surface area (Å²) < 4.78 is 1.86. The molecule has 16 heavy (non-hydrogen) atoms. The first-order valence-corrected chi connectivity index (χ1v) is 6.12. The van der Waals surface area contributed by atoms with Crippen LogP contribution in [0.1, 0.15) is 31.2 Å². The van der Waals surface area contributed by atoms with Crippen LogP contribution in [0.3, 0.4) is 0 Å². The summed E-state index contributed by atoms with van der Waals surface area (Å²) in [6, 6.07) is 0.660. The summed E-state index contributed by atoms with van der Waals surface area (Å²) in [5, 5.41) is 13.1. The molecule has 1 aliphatic heterocycles. The van der Waals surface area contributed by atoms with Gasteiger partial charge < -0.3 is 5.11 Å². The summed E-state index contributed by atoms with van der Waals surface area (Å²) in [7, 11) is 1.96. The number of rotatable bonds is 5. The molecule has 0 spiro atoms. The SMILES string of the molecule is Cn1cc(CN2CCCC2CCCO)cn1. The van der Waals surface area contributed by atoms with Crippen LogP contribution in [0.5, 0.6) is 0 Å².